The Morgan fingerprint density at radius 1 is 1.13 bits per heavy atom. The minimum atomic E-state index is -0.361. The van der Waals surface area contributed by atoms with E-state index in [2.05, 4.69) is 40.9 Å². The first-order valence-corrected chi connectivity index (χ1v) is 11.5. The maximum Gasteiger partial charge on any atom is 0.302 e. The summed E-state index contributed by atoms with van der Waals surface area (Å²) in [5.41, 5.74) is 1.89. The SMILES string of the molecule is CC(=O)Cl.CCCCCCN1CC2C(C1)C2(COC(C)=O)c1cccc(NC(C)=O)c1. The van der Waals surface area contributed by atoms with Gasteiger partial charge >= 0.3 is 5.97 Å². The van der Waals surface area contributed by atoms with Gasteiger partial charge in [-0.1, -0.05) is 38.3 Å². The van der Waals surface area contributed by atoms with Gasteiger partial charge in [0.15, 0.2) is 0 Å². The molecule has 0 bridgehead atoms. The Morgan fingerprint density at radius 3 is 2.32 bits per heavy atom. The van der Waals surface area contributed by atoms with Gasteiger partial charge in [0.2, 0.25) is 11.1 Å². The number of nitrogens with one attached hydrogen (secondary N) is 1. The van der Waals surface area contributed by atoms with E-state index in [0.29, 0.717) is 18.4 Å². The monoisotopic (exact) mass is 450 g/mol. The van der Waals surface area contributed by atoms with Crippen LogP contribution in [0.25, 0.3) is 0 Å². The Kier molecular flexibility index (Phi) is 9.51. The van der Waals surface area contributed by atoms with Crippen molar-refractivity contribution in [3.8, 4) is 0 Å². The number of likely N-dealkylation sites (tertiary alicyclic amines) is 1. The molecule has 2 aliphatic rings. The molecule has 1 aromatic carbocycles. The van der Waals surface area contributed by atoms with Crippen molar-refractivity contribution in [2.75, 3.05) is 31.6 Å². The van der Waals surface area contributed by atoms with Gasteiger partial charge in [-0.2, -0.15) is 0 Å². The number of carbonyl (C=O) groups excluding carboxylic acids is 3. The third kappa shape index (κ3) is 7.04. The normalized spacial score (nSPS) is 23.9. The number of anilines is 1. The molecule has 1 amide bonds. The molecule has 3 rings (SSSR count). The van der Waals surface area contributed by atoms with Crippen LogP contribution in [0.1, 0.15) is 58.9 Å². The summed E-state index contributed by atoms with van der Waals surface area (Å²) < 4.78 is 5.48. The smallest absolute Gasteiger partial charge is 0.302 e. The fourth-order valence-corrected chi connectivity index (χ4v) is 4.80. The summed E-state index contributed by atoms with van der Waals surface area (Å²) in [5, 5.41) is 2.51. The number of ether oxygens (including phenoxy) is 1. The first-order valence-electron chi connectivity index (χ1n) is 11.1. The molecule has 31 heavy (non-hydrogen) atoms. The standard InChI is InChI=1S/C22H32N2O3.C2H3ClO/c1-4-5-6-7-11-24-13-20-21(14-24)22(20,15-27-17(3)26)18-9-8-10-19(12-18)23-16(2)25;1-2(3)4/h8-10,12,20-21H,4-7,11,13-15H2,1-3H3,(H,23,25);1H3. The second-order valence-corrected chi connectivity index (χ2v) is 9.12. The minimum absolute atomic E-state index is 0.0737. The lowest BCUT2D eigenvalue weighted by atomic mass is 9.90. The van der Waals surface area contributed by atoms with Crippen molar-refractivity contribution in [2.24, 2.45) is 11.8 Å². The number of amides is 1. The van der Waals surface area contributed by atoms with Gasteiger partial charge in [-0.3, -0.25) is 14.4 Å². The second-order valence-electron chi connectivity index (χ2n) is 8.59. The van der Waals surface area contributed by atoms with E-state index in [1.807, 2.05) is 12.1 Å². The minimum Gasteiger partial charge on any atom is -0.465 e. The third-order valence-electron chi connectivity index (χ3n) is 6.17. The number of unbranched alkanes of at least 4 members (excludes halogenated alkanes) is 3. The highest BCUT2D eigenvalue weighted by atomic mass is 35.5. The van der Waals surface area contributed by atoms with Crippen molar-refractivity contribution in [1.29, 1.82) is 0 Å². The molecule has 2 atom stereocenters. The van der Waals surface area contributed by atoms with Crippen molar-refractivity contribution in [1.82, 2.24) is 4.90 Å². The van der Waals surface area contributed by atoms with E-state index in [1.165, 1.54) is 58.6 Å². The molecule has 172 valence electrons. The lowest BCUT2D eigenvalue weighted by molar-refractivity contribution is -0.142. The number of nitrogens with zero attached hydrogens (tertiary/aromatic N) is 1. The zero-order chi connectivity index (χ0) is 23.0. The van der Waals surface area contributed by atoms with Crippen LogP contribution in [0.2, 0.25) is 0 Å². The molecule has 6 nitrogen and oxygen atoms in total. The summed E-state index contributed by atoms with van der Waals surface area (Å²) in [6.07, 6.45) is 5.15. The van der Waals surface area contributed by atoms with E-state index in [1.54, 1.807) is 0 Å². The predicted octanol–water partition coefficient (Wildman–Crippen LogP) is 4.36. The Hall–Kier alpha value is -1.92. The number of carbonyl (C=O) groups is 3. The molecule has 1 N–H and O–H groups in total. The van der Waals surface area contributed by atoms with Crippen molar-refractivity contribution in [3.05, 3.63) is 29.8 Å². The molecular formula is C24H35ClN2O4. The summed E-state index contributed by atoms with van der Waals surface area (Å²) >= 11 is 4.64. The third-order valence-corrected chi connectivity index (χ3v) is 6.17. The van der Waals surface area contributed by atoms with Crippen molar-refractivity contribution in [2.45, 2.75) is 58.8 Å². The van der Waals surface area contributed by atoms with Crippen molar-refractivity contribution < 1.29 is 19.1 Å². The topological polar surface area (TPSA) is 75.7 Å². The highest BCUT2D eigenvalue weighted by Crippen LogP contribution is 2.63. The maximum absolute atomic E-state index is 11.5. The molecule has 1 saturated carbocycles. The van der Waals surface area contributed by atoms with Crippen LogP contribution in [0.5, 0.6) is 0 Å². The average Bonchev–Trinajstić information content (AvgIpc) is 3.05. The van der Waals surface area contributed by atoms with E-state index in [4.69, 9.17) is 4.74 Å². The molecule has 1 aliphatic heterocycles. The molecule has 1 heterocycles. The number of rotatable bonds is 9. The summed E-state index contributed by atoms with van der Waals surface area (Å²) in [7, 11) is 0. The quantitative estimate of drug-likeness (QED) is 0.343. The highest BCUT2D eigenvalue weighted by molar-refractivity contribution is 6.62. The molecule has 1 saturated heterocycles. The first-order chi connectivity index (χ1) is 14.7. The summed E-state index contributed by atoms with van der Waals surface area (Å²) in [5.74, 6) is 0.746. The number of hydrogen-bond acceptors (Lipinski definition) is 5. The molecule has 0 radical (unpaired) electrons. The van der Waals surface area contributed by atoms with Crippen LogP contribution in [0.3, 0.4) is 0 Å². The van der Waals surface area contributed by atoms with Gasteiger partial charge in [-0.05, 0) is 54.1 Å². The summed E-state index contributed by atoms with van der Waals surface area (Å²) in [6, 6.07) is 8.04. The number of esters is 1. The van der Waals surface area contributed by atoms with Crippen LogP contribution in [-0.2, 0) is 24.5 Å². The fraction of sp³-hybridized carbons (Fsp3) is 0.625. The molecule has 2 fully saturated rings. The van der Waals surface area contributed by atoms with E-state index >= 15 is 0 Å². The molecule has 7 heteroatoms. The molecule has 0 spiro atoms. The van der Waals surface area contributed by atoms with Gasteiger partial charge in [0, 0.05) is 45.0 Å². The fourth-order valence-electron chi connectivity index (χ4n) is 4.80. The summed E-state index contributed by atoms with van der Waals surface area (Å²) in [6.45, 7) is 10.3. The Morgan fingerprint density at radius 2 is 1.77 bits per heavy atom. The number of fused-ring (bicyclic) bond motifs is 1. The Labute approximate surface area is 190 Å². The van der Waals surface area contributed by atoms with Crippen LogP contribution in [0, 0.1) is 11.8 Å². The van der Waals surface area contributed by atoms with Gasteiger partial charge in [0.1, 0.15) is 6.61 Å². The van der Waals surface area contributed by atoms with Crippen LogP contribution >= 0.6 is 11.6 Å². The first kappa shape index (κ1) is 25.3. The summed E-state index contributed by atoms with van der Waals surface area (Å²) in [4.78, 5) is 34.6. The molecule has 1 aromatic rings. The van der Waals surface area contributed by atoms with Crippen molar-refractivity contribution >= 4 is 34.4 Å². The van der Waals surface area contributed by atoms with E-state index in [0.717, 1.165) is 18.8 Å². The van der Waals surface area contributed by atoms with E-state index in [-0.39, 0.29) is 22.5 Å². The van der Waals surface area contributed by atoms with E-state index in [9.17, 15) is 14.4 Å². The Balaban J connectivity index is 0.000000785. The Bertz CT molecular complexity index is 767. The van der Waals surface area contributed by atoms with Gasteiger partial charge in [-0.15, -0.1) is 0 Å². The van der Waals surface area contributed by atoms with Gasteiger partial charge < -0.3 is 15.0 Å². The lowest BCUT2D eigenvalue weighted by Gasteiger charge is -2.27. The molecular weight excluding hydrogens is 416 g/mol. The zero-order valence-electron chi connectivity index (χ0n) is 19.1. The van der Waals surface area contributed by atoms with Crippen molar-refractivity contribution in [3.63, 3.8) is 0 Å². The molecule has 2 unspecified atom stereocenters. The number of benzene rings is 1. The highest BCUT2D eigenvalue weighted by Gasteiger charge is 2.69. The number of hydrogen-bond donors (Lipinski definition) is 1. The van der Waals surface area contributed by atoms with Crippen LogP contribution in [-0.4, -0.2) is 48.3 Å². The number of halogens is 1. The van der Waals surface area contributed by atoms with Gasteiger partial charge in [0.05, 0.1) is 0 Å². The average molecular weight is 451 g/mol. The van der Waals surface area contributed by atoms with Gasteiger partial charge in [0.25, 0.3) is 0 Å². The van der Waals surface area contributed by atoms with Crippen LogP contribution < -0.4 is 5.32 Å². The molecule has 0 aromatic heterocycles. The largest absolute Gasteiger partial charge is 0.465 e. The van der Waals surface area contributed by atoms with Crippen LogP contribution in [0.4, 0.5) is 5.69 Å². The van der Waals surface area contributed by atoms with Crippen LogP contribution in [0.15, 0.2) is 24.3 Å². The van der Waals surface area contributed by atoms with Gasteiger partial charge in [-0.25, -0.2) is 0 Å². The molecule has 1 aliphatic carbocycles. The second kappa shape index (κ2) is 11.6. The van der Waals surface area contributed by atoms with E-state index < -0.39 is 0 Å². The maximum atomic E-state index is 11.5. The zero-order valence-corrected chi connectivity index (χ0v) is 19.8. The predicted molar refractivity (Wildman–Crippen MR) is 123 cm³/mol. The number of piperidine rings is 1. The lowest BCUT2D eigenvalue weighted by Crippen LogP contribution is -2.34.